The quantitative estimate of drug-likeness (QED) is 0.454. The van der Waals surface area contributed by atoms with Gasteiger partial charge in [-0.1, -0.05) is 22.0 Å². The summed E-state index contributed by atoms with van der Waals surface area (Å²) in [4.78, 5) is 26.7. The molecule has 1 fully saturated rings. The summed E-state index contributed by atoms with van der Waals surface area (Å²) in [5, 5.41) is 2.67. The van der Waals surface area contributed by atoms with Crippen LogP contribution in [0.4, 0.5) is 5.69 Å². The number of halogens is 1. The maximum atomic E-state index is 13.0. The third kappa shape index (κ3) is 3.50. The summed E-state index contributed by atoms with van der Waals surface area (Å²) < 4.78 is 2.91. The van der Waals surface area contributed by atoms with Crippen molar-refractivity contribution in [1.82, 2.24) is 9.88 Å². The highest BCUT2D eigenvalue weighted by Gasteiger charge is 2.34. The Labute approximate surface area is 165 Å². The first-order valence-corrected chi connectivity index (χ1v) is 9.33. The number of amides is 2. The van der Waals surface area contributed by atoms with Crippen LogP contribution in [0.5, 0.6) is 0 Å². The number of aromatic nitrogens is 1. The molecule has 134 valence electrons. The molecule has 1 saturated heterocycles. The van der Waals surface area contributed by atoms with Crippen molar-refractivity contribution in [1.29, 1.82) is 0 Å². The van der Waals surface area contributed by atoms with E-state index in [0.29, 0.717) is 11.7 Å². The number of benzene rings is 1. The molecule has 1 aliphatic rings. The molecule has 1 aliphatic heterocycles. The van der Waals surface area contributed by atoms with Gasteiger partial charge in [0.1, 0.15) is 5.57 Å². The fourth-order valence-corrected chi connectivity index (χ4v) is 3.59. The highest BCUT2D eigenvalue weighted by atomic mass is 79.9. The van der Waals surface area contributed by atoms with E-state index in [9.17, 15) is 9.59 Å². The van der Waals surface area contributed by atoms with Crippen LogP contribution in [0.3, 0.4) is 0 Å². The van der Waals surface area contributed by atoms with Crippen LogP contribution in [0.2, 0.25) is 0 Å². The van der Waals surface area contributed by atoms with E-state index in [4.69, 9.17) is 12.2 Å². The highest BCUT2D eigenvalue weighted by Crippen LogP contribution is 2.25. The van der Waals surface area contributed by atoms with Crippen LogP contribution in [0.1, 0.15) is 31.1 Å². The van der Waals surface area contributed by atoms with E-state index in [-0.39, 0.29) is 10.7 Å². The zero-order valence-electron chi connectivity index (χ0n) is 14.6. The van der Waals surface area contributed by atoms with Gasteiger partial charge >= 0.3 is 0 Å². The number of nitrogens with zero attached hydrogens (tertiary/aromatic N) is 2. The summed E-state index contributed by atoms with van der Waals surface area (Å²) in [7, 11) is 0. The van der Waals surface area contributed by atoms with E-state index in [0.717, 1.165) is 15.7 Å². The fourth-order valence-electron chi connectivity index (χ4n) is 2.92. The average Bonchev–Trinajstić information content (AvgIpc) is 2.92. The van der Waals surface area contributed by atoms with Gasteiger partial charge in [-0.25, -0.2) is 0 Å². The van der Waals surface area contributed by atoms with Crippen LogP contribution in [0.25, 0.3) is 6.08 Å². The Bertz CT molecular complexity index is 946. The van der Waals surface area contributed by atoms with Crippen LogP contribution in [-0.4, -0.2) is 21.5 Å². The number of rotatable bonds is 3. The Morgan fingerprint density at radius 2 is 1.96 bits per heavy atom. The predicted octanol–water partition coefficient (Wildman–Crippen LogP) is 3.97. The summed E-state index contributed by atoms with van der Waals surface area (Å²) in [5.74, 6) is -0.923. The molecule has 2 heterocycles. The van der Waals surface area contributed by atoms with E-state index in [1.54, 1.807) is 24.3 Å². The smallest absolute Gasteiger partial charge is 0.270 e. The number of hydrogen-bond donors (Lipinski definition) is 1. The van der Waals surface area contributed by atoms with Crippen molar-refractivity contribution in [3.05, 3.63) is 57.8 Å². The molecule has 1 N–H and O–H groups in total. The second-order valence-corrected chi connectivity index (χ2v) is 7.66. The van der Waals surface area contributed by atoms with Crippen molar-refractivity contribution in [2.45, 2.75) is 26.8 Å². The molecule has 0 bridgehead atoms. The second-order valence-electron chi connectivity index (χ2n) is 6.35. The Hall–Kier alpha value is -2.25. The summed E-state index contributed by atoms with van der Waals surface area (Å²) in [6.45, 7) is 6.15. The van der Waals surface area contributed by atoms with Gasteiger partial charge in [-0.2, -0.15) is 0 Å². The minimum Gasteiger partial charge on any atom is -0.349 e. The third-order valence-electron chi connectivity index (χ3n) is 4.11. The zero-order chi connectivity index (χ0) is 19.0. The number of nitrogens with one attached hydrogen (secondary N) is 1. The largest absolute Gasteiger partial charge is 0.349 e. The maximum absolute atomic E-state index is 13.0. The Morgan fingerprint density at radius 1 is 1.23 bits per heavy atom. The van der Waals surface area contributed by atoms with E-state index in [1.807, 2.05) is 25.3 Å². The minimum atomic E-state index is -0.485. The molecule has 26 heavy (non-hydrogen) atoms. The third-order valence-corrected chi connectivity index (χ3v) is 4.88. The van der Waals surface area contributed by atoms with Crippen molar-refractivity contribution in [3.8, 4) is 0 Å². The van der Waals surface area contributed by atoms with Gasteiger partial charge in [0.05, 0.1) is 5.69 Å². The van der Waals surface area contributed by atoms with Gasteiger partial charge in [-0.15, -0.1) is 0 Å². The van der Waals surface area contributed by atoms with Gasteiger partial charge in [0, 0.05) is 22.4 Å². The number of carbonyl (C=O) groups excluding carboxylic acids is 2. The van der Waals surface area contributed by atoms with E-state index in [2.05, 4.69) is 39.7 Å². The first kappa shape index (κ1) is 18.5. The molecule has 0 aliphatic carbocycles. The number of carbonyl (C=O) groups is 2. The number of hydrogen-bond acceptors (Lipinski definition) is 3. The fraction of sp³-hybridized carbons (Fsp3) is 0.211. The van der Waals surface area contributed by atoms with Crippen LogP contribution >= 0.6 is 28.1 Å². The standard InChI is InChI=1S/C19H18BrN3O2S/c1-11(2)22-10-13(7-12(22)3)8-16-17(24)21-19(26)23(18(16)25)15-6-4-5-14(20)9-15/h4-11H,1-3H3,(H,21,24,26)/b16-8-. The molecule has 0 unspecified atom stereocenters. The lowest BCUT2D eigenvalue weighted by Gasteiger charge is -2.29. The van der Waals surface area contributed by atoms with Crippen molar-refractivity contribution >= 4 is 56.8 Å². The van der Waals surface area contributed by atoms with Crippen molar-refractivity contribution in [2.75, 3.05) is 4.90 Å². The molecule has 1 aromatic carbocycles. The topological polar surface area (TPSA) is 54.3 Å². The molecule has 0 radical (unpaired) electrons. The monoisotopic (exact) mass is 431 g/mol. The Balaban J connectivity index is 2.01. The molecule has 5 nitrogen and oxygen atoms in total. The molecule has 0 saturated carbocycles. The Morgan fingerprint density at radius 3 is 2.58 bits per heavy atom. The molecule has 1 aromatic heterocycles. The lowest BCUT2D eigenvalue weighted by Crippen LogP contribution is -2.54. The SMILES string of the molecule is Cc1cc(/C=C2/C(=O)NC(=S)N(c3cccc(Br)c3)C2=O)cn1C(C)C. The summed E-state index contributed by atoms with van der Waals surface area (Å²) in [5.41, 5.74) is 2.52. The second kappa shape index (κ2) is 7.17. The molecule has 3 rings (SSSR count). The van der Waals surface area contributed by atoms with Gasteiger partial charge < -0.3 is 4.57 Å². The first-order chi connectivity index (χ1) is 12.3. The van der Waals surface area contributed by atoms with Crippen LogP contribution in [0.15, 0.2) is 46.6 Å². The van der Waals surface area contributed by atoms with Gasteiger partial charge in [0.25, 0.3) is 11.8 Å². The molecule has 2 amide bonds. The lowest BCUT2D eigenvalue weighted by atomic mass is 10.1. The van der Waals surface area contributed by atoms with Gasteiger partial charge in [-0.05, 0) is 68.9 Å². The highest BCUT2D eigenvalue weighted by molar-refractivity contribution is 9.10. The number of thiocarbonyl (C=S) groups is 1. The maximum Gasteiger partial charge on any atom is 0.270 e. The molecule has 0 atom stereocenters. The van der Waals surface area contributed by atoms with Gasteiger partial charge in [-0.3, -0.25) is 19.8 Å². The Kier molecular flexibility index (Phi) is 5.11. The molecule has 0 spiro atoms. The van der Waals surface area contributed by atoms with E-state index in [1.165, 1.54) is 4.90 Å². The van der Waals surface area contributed by atoms with Crippen molar-refractivity contribution in [2.24, 2.45) is 0 Å². The summed E-state index contributed by atoms with van der Waals surface area (Å²) in [6, 6.07) is 9.45. The van der Waals surface area contributed by atoms with Gasteiger partial charge in [0.15, 0.2) is 5.11 Å². The zero-order valence-corrected chi connectivity index (χ0v) is 17.0. The molecule has 7 heteroatoms. The summed E-state index contributed by atoms with van der Waals surface area (Å²) >= 11 is 8.60. The van der Waals surface area contributed by atoms with Crippen LogP contribution < -0.4 is 10.2 Å². The van der Waals surface area contributed by atoms with Crippen molar-refractivity contribution in [3.63, 3.8) is 0 Å². The van der Waals surface area contributed by atoms with Gasteiger partial charge in [0.2, 0.25) is 0 Å². The molecule has 2 aromatic rings. The average molecular weight is 432 g/mol. The van der Waals surface area contributed by atoms with Crippen LogP contribution in [0, 0.1) is 6.92 Å². The first-order valence-electron chi connectivity index (χ1n) is 8.13. The predicted molar refractivity (Wildman–Crippen MR) is 110 cm³/mol. The summed E-state index contributed by atoms with van der Waals surface area (Å²) in [6.07, 6.45) is 3.54. The number of anilines is 1. The number of aryl methyl sites for hydroxylation is 1. The van der Waals surface area contributed by atoms with Crippen molar-refractivity contribution < 1.29 is 9.59 Å². The van der Waals surface area contributed by atoms with E-state index >= 15 is 0 Å². The normalized spacial score (nSPS) is 16.6. The van der Waals surface area contributed by atoms with E-state index < -0.39 is 11.8 Å². The lowest BCUT2D eigenvalue weighted by molar-refractivity contribution is -0.122. The van der Waals surface area contributed by atoms with Crippen LogP contribution in [-0.2, 0) is 9.59 Å². The molecular weight excluding hydrogens is 414 g/mol. The molecular formula is C19H18BrN3O2S. The minimum absolute atomic E-state index is 0.0551.